The molecule has 0 unspecified atom stereocenters. The van der Waals surface area contributed by atoms with E-state index in [4.69, 9.17) is 11.6 Å². The van der Waals surface area contributed by atoms with E-state index in [9.17, 15) is 18.0 Å². The fraction of sp³-hybridized carbons (Fsp3) is 0.125. The summed E-state index contributed by atoms with van der Waals surface area (Å²) in [5, 5.41) is -0.789. The average Bonchev–Trinajstić information content (AvgIpc) is 1.99. The molecule has 0 bridgehead atoms. The molecular formula is C8H2BrClF3IO. The molecular weight excluding hydrogens is 411 g/mol. The van der Waals surface area contributed by atoms with Gasteiger partial charge in [0.15, 0.2) is 0 Å². The topological polar surface area (TPSA) is 17.1 Å². The second-order valence-electron chi connectivity index (χ2n) is 2.59. The van der Waals surface area contributed by atoms with Crippen LogP contribution < -0.4 is 0 Å². The highest BCUT2D eigenvalue weighted by molar-refractivity contribution is 14.1. The second kappa shape index (κ2) is 4.58. The van der Waals surface area contributed by atoms with Crippen LogP contribution in [0.25, 0.3) is 0 Å². The van der Waals surface area contributed by atoms with E-state index in [1.807, 2.05) is 0 Å². The normalized spacial score (nSPS) is 11.6. The standard InChI is InChI=1S/C8H2BrClF3IO/c9-4-1-3(7(10)15)2-5(14)6(4)8(11,12)13/h1-2H. The molecule has 0 amide bonds. The molecule has 1 rings (SSSR count). The van der Waals surface area contributed by atoms with Crippen molar-refractivity contribution in [2.24, 2.45) is 0 Å². The molecule has 0 aromatic heterocycles. The zero-order chi connectivity index (χ0) is 11.8. The number of rotatable bonds is 1. The summed E-state index contributed by atoms with van der Waals surface area (Å²) < 4.78 is 37.2. The van der Waals surface area contributed by atoms with Crippen molar-refractivity contribution in [3.05, 3.63) is 31.3 Å². The maximum Gasteiger partial charge on any atom is 0.418 e. The van der Waals surface area contributed by atoms with Crippen molar-refractivity contribution in [2.45, 2.75) is 6.18 Å². The summed E-state index contributed by atoms with van der Waals surface area (Å²) in [6.45, 7) is 0. The Balaban J connectivity index is 3.41. The quantitative estimate of drug-likeness (QED) is 0.491. The Morgan fingerprint density at radius 2 is 1.93 bits per heavy atom. The molecule has 0 saturated heterocycles. The van der Waals surface area contributed by atoms with Crippen LogP contribution in [-0.2, 0) is 6.18 Å². The molecule has 0 aliphatic rings. The van der Waals surface area contributed by atoms with Crippen LogP contribution in [0.15, 0.2) is 16.6 Å². The van der Waals surface area contributed by atoms with Crippen LogP contribution in [0.5, 0.6) is 0 Å². The van der Waals surface area contributed by atoms with E-state index in [0.29, 0.717) is 0 Å². The van der Waals surface area contributed by atoms with Gasteiger partial charge in [0, 0.05) is 13.6 Å². The van der Waals surface area contributed by atoms with Gasteiger partial charge in [0.1, 0.15) is 0 Å². The number of carbonyl (C=O) groups excluding carboxylic acids is 1. The Morgan fingerprint density at radius 1 is 1.40 bits per heavy atom. The number of benzene rings is 1. The molecule has 0 N–H and O–H groups in total. The maximum atomic E-state index is 12.5. The molecule has 0 atom stereocenters. The first kappa shape index (κ1) is 13.2. The lowest BCUT2D eigenvalue weighted by molar-refractivity contribution is -0.138. The molecule has 0 aliphatic carbocycles. The Hall–Kier alpha value is 0.180. The van der Waals surface area contributed by atoms with E-state index in [2.05, 4.69) is 15.9 Å². The largest absolute Gasteiger partial charge is 0.418 e. The van der Waals surface area contributed by atoms with Gasteiger partial charge in [-0.1, -0.05) is 15.9 Å². The molecule has 15 heavy (non-hydrogen) atoms. The van der Waals surface area contributed by atoms with Crippen molar-refractivity contribution in [1.29, 1.82) is 0 Å². The zero-order valence-electron chi connectivity index (χ0n) is 6.83. The number of hydrogen-bond acceptors (Lipinski definition) is 1. The molecule has 0 aliphatic heterocycles. The van der Waals surface area contributed by atoms with E-state index in [1.54, 1.807) is 0 Å². The van der Waals surface area contributed by atoms with Crippen molar-refractivity contribution in [3.63, 3.8) is 0 Å². The monoisotopic (exact) mass is 412 g/mol. The van der Waals surface area contributed by atoms with Gasteiger partial charge in [0.25, 0.3) is 5.24 Å². The van der Waals surface area contributed by atoms with Crippen LogP contribution in [0, 0.1) is 3.57 Å². The highest BCUT2D eigenvalue weighted by Crippen LogP contribution is 2.38. The van der Waals surface area contributed by atoms with Crippen molar-refractivity contribution >= 4 is 55.4 Å². The van der Waals surface area contributed by atoms with Crippen LogP contribution >= 0.6 is 50.1 Å². The minimum Gasteiger partial charge on any atom is -0.276 e. The van der Waals surface area contributed by atoms with E-state index in [0.717, 1.165) is 12.1 Å². The summed E-state index contributed by atoms with van der Waals surface area (Å²) in [6, 6.07) is 2.16. The molecule has 1 nitrogen and oxygen atoms in total. The fourth-order valence-electron chi connectivity index (χ4n) is 0.957. The maximum absolute atomic E-state index is 12.5. The molecule has 0 saturated carbocycles. The van der Waals surface area contributed by atoms with Gasteiger partial charge in [-0.2, -0.15) is 13.2 Å². The SMILES string of the molecule is O=C(Cl)c1cc(Br)c(C(F)(F)F)c(I)c1. The summed E-state index contributed by atoms with van der Waals surface area (Å²) in [6.07, 6.45) is -4.46. The lowest BCUT2D eigenvalue weighted by atomic mass is 10.1. The van der Waals surface area contributed by atoms with Gasteiger partial charge in [-0.15, -0.1) is 0 Å². The number of hydrogen-bond donors (Lipinski definition) is 0. The lowest BCUT2D eigenvalue weighted by Crippen LogP contribution is -2.09. The molecule has 0 spiro atoms. The van der Waals surface area contributed by atoms with Gasteiger partial charge < -0.3 is 0 Å². The van der Waals surface area contributed by atoms with Crippen molar-refractivity contribution in [1.82, 2.24) is 0 Å². The van der Waals surface area contributed by atoms with Crippen molar-refractivity contribution in [3.8, 4) is 0 Å². The zero-order valence-corrected chi connectivity index (χ0v) is 11.3. The molecule has 7 heteroatoms. The Labute approximate surface area is 110 Å². The number of alkyl halides is 3. The summed E-state index contributed by atoms with van der Waals surface area (Å²) >= 11 is 9.45. The lowest BCUT2D eigenvalue weighted by Gasteiger charge is -2.12. The van der Waals surface area contributed by atoms with Crippen LogP contribution in [0.1, 0.15) is 15.9 Å². The van der Waals surface area contributed by atoms with E-state index < -0.39 is 17.0 Å². The first-order chi connectivity index (χ1) is 6.73. The van der Waals surface area contributed by atoms with Gasteiger partial charge in [0.2, 0.25) is 0 Å². The predicted octanol–water partition coefficient (Wildman–Crippen LogP) is 4.45. The summed E-state index contributed by atoms with van der Waals surface area (Å²) in [5.41, 5.74) is -0.772. The fourth-order valence-corrected chi connectivity index (χ4v) is 3.05. The highest BCUT2D eigenvalue weighted by atomic mass is 127. The van der Waals surface area contributed by atoms with Crippen LogP contribution in [0.3, 0.4) is 0 Å². The third-order valence-corrected chi connectivity index (χ3v) is 3.25. The predicted molar refractivity (Wildman–Crippen MR) is 62.0 cm³/mol. The van der Waals surface area contributed by atoms with E-state index in [-0.39, 0.29) is 13.6 Å². The summed E-state index contributed by atoms with van der Waals surface area (Å²) in [4.78, 5) is 10.8. The molecule has 1 aromatic carbocycles. The summed E-state index contributed by atoms with van der Waals surface area (Å²) in [5.74, 6) is 0. The second-order valence-corrected chi connectivity index (χ2v) is 4.95. The minimum absolute atomic E-state index is 0.0286. The van der Waals surface area contributed by atoms with Gasteiger partial charge in [-0.25, -0.2) is 0 Å². The van der Waals surface area contributed by atoms with Gasteiger partial charge in [0.05, 0.1) is 5.56 Å². The molecule has 1 aromatic rings. The Bertz CT molecular complexity index is 396. The molecule has 0 radical (unpaired) electrons. The van der Waals surface area contributed by atoms with Crippen molar-refractivity contribution < 1.29 is 18.0 Å². The minimum atomic E-state index is -4.46. The van der Waals surface area contributed by atoms with Crippen LogP contribution in [0.2, 0.25) is 0 Å². The molecule has 0 fully saturated rings. The van der Waals surface area contributed by atoms with E-state index >= 15 is 0 Å². The summed E-state index contributed by atoms with van der Waals surface area (Å²) in [7, 11) is 0. The smallest absolute Gasteiger partial charge is 0.276 e. The van der Waals surface area contributed by atoms with Gasteiger partial charge >= 0.3 is 6.18 Å². The average molecular weight is 413 g/mol. The first-order valence-electron chi connectivity index (χ1n) is 3.49. The van der Waals surface area contributed by atoms with Gasteiger partial charge in [-0.05, 0) is 46.3 Å². The number of halogens is 6. The Morgan fingerprint density at radius 3 is 2.27 bits per heavy atom. The number of carbonyl (C=O) groups is 1. The first-order valence-corrected chi connectivity index (χ1v) is 5.74. The highest BCUT2D eigenvalue weighted by Gasteiger charge is 2.35. The third-order valence-electron chi connectivity index (χ3n) is 1.55. The van der Waals surface area contributed by atoms with Crippen molar-refractivity contribution in [2.75, 3.05) is 0 Å². The van der Waals surface area contributed by atoms with E-state index in [1.165, 1.54) is 22.6 Å². The van der Waals surface area contributed by atoms with Crippen LogP contribution in [-0.4, -0.2) is 5.24 Å². The molecule has 0 heterocycles. The van der Waals surface area contributed by atoms with Gasteiger partial charge in [-0.3, -0.25) is 4.79 Å². The van der Waals surface area contributed by atoms with Crippen LogP contribution in [0.4, 0.5) is 13.2 Å². The molecule has 82 valence electrons. The third kappa shape index (κ3) is 3.07. The Kier molecular flexibility index (Phi) is 4.05.